The predicted octanol–water partition coefficient (Wildman–Crippen LogP) is 1.25. The van der Waals surface area contributed by atoms with Crippen molar-refractivity contribution in [2.45, 2.75) is 24.1 Å². The molecule has 0 aliphatic heterocycles. The fourth-order valence-electron chi connectivity index (χ4n) is 1.09. The van der Waals surface area contributed by atoms with Crippen LogP contribution in [-0.4, -0.2) is 55.3 Å². The summed E-state index contributed by atoms with van der Waals surface area (Å²) in [6.07, 6.45) is -5.21. The summed E-state index contributed by atoms with van der Waals surface area (Å²) in [5.41, 5.74) is -0.693. The maximum absolute atomic E-state index is 13.3. The normalized spacial score (nSPS) is 14.9. The summed E-state index contributed by atoms with van der Waals surface area (Å²) >= 11 is 0. The summed E-state index contributed by atoms with van der Waals surface area (Å²) in [6.45, 7) is 3.18. The molecule has 0 aliphatic rings. The Morgan fingerprint density at radius 1 is 1.19 bits per heavy atom. The first kappa shape index (κ1) is 23.9. The van der Waals surface area contributed by atoms with Gasteiger partial charge < -0.3 is 18.8 Å². The Morgan fingerprint density at radius 3 is 2.04 bits per heavy atom. The van der Waals surface area contributed by atoms with Crippen LogP contribution in [0.3, 0.4) is 0 Å². The predicted molar refractivity (Wildman–Crippen MR) is 71.4 cm³/mol. The van der Waals surface area contributed by atoms with Gasteiger partial charge in [0.1, 0.15) is 13.2 Å². The number of hydrogen-bond acceptors (Lipinski definition) is 8. The average Bonchev–Trinajstić information content (AvgIpc) is 2.46. The van der Waals surface area contributed by atoms with Crippen LogP contribution >= 0.6 is 0 Å². The third-order valence-corrected chi connectivity index (χ3v) is 3.22. The van der Waals surface area contributed by atoms with Crippen LogP contribution in [0.5, 0.6) is 0 Å². The lowest BCUT2D eigenvalue weighted by molar-refractivity contribution is -0.359. The van der Waals surface area contributed by atoms with Crippen molar-refractivity contribution in [2.24, 2.45) is 0 Å². The van der Waals surface area contributed by atoms with Crippen LogP contribution in [0.25, 0.3) is 0 Å². The van der Waals surface area contributed by atoms with Gasteiger partial charge in [-0.1, -0.05) is 19.2 Å². The van der Waals surface area contributed by atoms with Gasteiger partial charge in [-0.25, -0.2) is 18.0 Å². The van der Waals surface area contributed by atoms with Crippen molar-refractivity contribution in [3.8, 4) is 0 Å². The molecule has 0 heterocycles. The van der Waals surface area contributed by atoms with Crippen molar-refractivity contribution in [3.05, 3.63) is 24.8 Å². The molecule has 0 spiro atoms. The van der Waals surface area contributed by atoms with Gasteiger partial charge in [0.15, 0.2) is 10.1 Å². The molecule has 0 radical (unpaired) electrons. The van der Waals surface area contributed by atoms with E-state index < -0.39 is 58.1 Å². The molecule has 0 amide bonds. The fraction of sp³-hybridized carbons (Fsp3) is 0.500. The second-order valence-corrected chi connectivity index (χ2v) is 6.06. The molecule has 1 atom stereocenters. The molecule has 0 N–H and O–H groups in total. The van der Waals surface area contributed by atoms with Gasteiger partial charge >= 0.3 is 29.2 Å². The van der Waals surface area contributed by atoms with E-state index in [2.05, 4.69) is 27.4 Å². The second-order valence-electron chi connectivity index (χ2n) is 4.55. The van der Waals surface area contributed by atoms with E-state index in [9.17, 15) is 44.5 Å². The number of alkyl halides is 5. The molecular weight excluding hydrogens is 399 g/mol. The standard InChI is InChI=1S/C12H13F5O8S/c1-4-5-23-9(19)11(12(15,16)17,25-8(18)7(2)3)24-6-10(13,14)26(20,21)22/h4H,1-2,5-6H2,3H3,(H,20,21,22)/p-1. The van der Waals surface area contributed by atoms with E-state index in [0.717, 1.165) is 13.0 Å². The number of ether oxygens (including phenoxy) is 3. The Morgan fingerprint density at radius 2 is 1.69 bits per heavy atom. The Hall–Kier alpha value is -2.06. The van der Waals surface area contributed by atoms with Crippen molar-refractivity contribution in [2.75, 3.05) is 13.2 Å². The lowest BCUT2D eigenvalue weighted by atomic mass is 10.2. The van der Waals surface area contributed by atoms with Crippen molar-refractivity contribution in [3.63, 3.8) is 0 Å². The third kappa shape index (κ3) is 5.47. The van der Waals surface area contributed by atoms with Crippen molar-refractivity contribution in [1.82, 2.24) is 0 Å². The number of hydrogen-bond donors (Lipinski definition) is 0. The first-order chi connectivity index (χ1) is 11.5. The van der Waals surface area contributed by atoms with E-state index in [1.54, 1.807) is 0 Å². The topological polar surface area (TPSA) is 119 Å². The van der Waals surface area contributed by atoms with E-state index in [4.69, 9.17) is 0 Å². The minimum atomic E-state index is -6.46. The lowest BCUT2D eigenvalue weighted by Gasteiger charge is -2.33. The van der Waals surface area contributed by atoms with E-state index in [1.807, 2.05) is 0 Å². The van der Waals surface area contributed by atoms with Gasteiger partial charge in [-0.2, -0.15) is 22.0 Å². The highest BCUT2D eigenvalue weighted by Crippen LogP contribution is 2.38. The van der Waals surface area contributed by atoms with Gasteiger partial charge in [-0.05, 0) is 6.92 Å². The molecule has 14 heteroatoms. The largest absolute Gasteiger partial charge is 0.743 e. The number of carbonyl (C=O) groups is 2. The van der Waals surface area contributed by atoms with Gasteiger partial charge in [-0.15, -0.1) is 0 Å². The first-order valence-electron chi connectivity index (χ1n) is 6.22. The molecule has 0 aromatic heterocycles. The van der Waals surface area contributed by atoms with Crippen LogP contribution in [0.2, 0.25) is 0 Å². The Labute approximate surface area is 143 Å². The maximum atomic E-state index is 13.3. The highest BCUT2D eigenvalue weighted by molar-refractivity contribution is 7.86. The molecule has 1 unspecified atom stereocenters. The number of halogens is 5. The summed E-state index contributed by atoms with van der Waals surface area (Å²) in [7, 11) is -6.46. The average molecular weight is 411 g/mol. The Balaban J connectivity index is 6.10. The zero-order chi connectivity index (χ0) is 21.0. The van der Waals surface area contributed by atoms with Crippen LogP contribution in [0.4, 0.5) is 22.0 Å². The highest BCUT2D eigenvalue weighted by atomic mass is 32.2. The van der Waals surface area contributed by atoms with E-state index in [0.29, 0.717) is 0 Å². The molecule has 0 aliphatic carbocycles. The van der Waals surface area contributed by atoms with Crippen LogP contribution in [0.1, 0.15) is 6.92 Å². The summed E-state index contributed by atoms with van der Waals surface area (Å²) in [6, 6.07) is 0. The summed E-state index contributed by atoms with van der Waals surface area (Å²) < 4.78 is 109. The third-order valence-electron chi connectivity index (χ3n) is 2.37. The molecule has 8 nitrogen and oxygen atoms in total. The van der Waals surface area contributed by atoms with Crippen molar-refractivity contribution in [1.29, 1.82) is 0 Å². The molecule has 0 fully saturated rings. The number of rotatable bonds is 9. The minimum Gasteiger partial charge on any atom is -0.743 e. The maximum Gasteiger partial charge on any atom is 0.468 e. The molecule has 0 rings (SSSR count). The van der Waals surface area contributed by atoms with E-state index in [1.165, 1.54) is 0 Å². The molecular formula is C12H12F5O8S-. The lowest BCUT2D eigenvalue weighted by Crippen LogP contribution is -2.59. The molecule has 150 valence electrons. The van der Waals surface area contributed by atoms with Gasteiger partial charge in [0.2, 0.25) is 0 Å². The van der Waals surface area contributed by atoms with Crippen molar-refractivity contribution < 1.29 is 58.7 Å². The molecule has 0 aromatic carbocycles. The Bertz CT molecular complexity index is 684. The minimum absolute atomic E-state index is 0.693. The van der Waals surface area contributed by atoms with Crippen LogP contribution in [-0.2, 0) is 33.9 Å². The first-order valence-corrected chi connectivity index (χ1v) is 7.63. The SMILES string of the molecule is C=CCOC(=O)C(OCC(F)(F)S(=O)(=O)[O-])(OC(=O)C(=C)C)C(F)(F)F. The van der Waals surface area contributed by atoms with E-state index >= 15 is 0 Å². The number of carbonyl (C=O) groups excluding carboxylic acids is 2. The van der Waals surface area contributed by atoms with E-state index in [-0.39, 0.29) is 0 Å². The quantitative estimate of drug-likeness (QED) is 0.139. The summed E-state index contributed by atoms with van der Waals surface area (Å²) in [4.78, 5) is 23.1. The van der Waals surface area contributed by atoms with Crippen LogP contribution < -0.4 is 0 Å². The molecule has 0 saturated heterocycles. The van der Waals surface area contributed by atoms with Gasteiger partial charge in [-0.3, -0.25) is 0 Å². The summed E-state index contributed by atoms with van der Waals surface area (Å²) in [5.74, 6) is -9.19. The number of esters is 2. The molecule has 0 aromatic rings. The van der Waals surface area contributed by atoms with Crippen LogP contribution in [0.15, 0.2) is 24.8 Å². The van der Waals surface area contributed by atoms with Crippen molar-refractivity contribution >= 4 is 22.1 Å². The van der Waals surface area contributed by atoms with Gasteiger partial charge in [0.25, 0.3) is 0 Å². The zero-order valence-electron chi connectivity index (χ0n) is 13.0. The highest BCUT2D eigenvalue weighted by Gasteiger charge is 2.68. The molecule has 0 saturated carbocycles. The fourth-order valence-corrected chi connectivity index (χ4v) is 1.29. The Kier molecular flexibility index (Phi) is 7.45. The van der Waals surface area contributed by atoms with Gasteiger partial charge in [0.05, 0.1) is 0 Å². The van der Waals surface area contributed by atoms with Gasteiger partial charge in [0, 0.05) is 5.57 Å². The zero-order valence-corrected chi connectivity index (χ0v) is 13.8. The molecule has 0 bridgehead atoms. The molecule has 26 heavy (non-hydrogen) atoms. The van der Waals surface area contributed by atoms with Crippen LogP contribution in [0, 0.1) is 0 Å². The smallest absolute Gasteiger partial charge is 0.468 e. The summed E-state index contributed by atoms with van der Waals surface area (Å²) in [5, 5.41) is -5.38. The monoisotopic (exact) mass is 411 g/mol. The second kappa shape index (κ2) is 8.09.